The minimum Gasteiger partial charge on any atom is -0.390 e. The summed E-state index contributed by atoms with van der Waals surface area (Å²) in [5, 5.41) is 13.3. The Morgan fingerprint density at radius 3 is 2.81 bits per heavy atom. The number of hydrogen-bond donors (Lipinski definition) is 2. The van der Waals surface area contributed by atoms with Gasteiger partial charge in [0.1, 0.15) is 0 Å². The van der Waals surface area contributed by atoms with Crippen molar-refractivity contribution >= 4 is 0 Å². The van der Waals surface area contributed by atoms with E-state index in [-0.39, 0.29) is 0 Å². The van der Waals surface area contributed by atoms with Crippen LogP contribution >= 0.6 is 0 Å². The molecule has 3 nitrogen and oxygen atoms in total. The fourth-order valence-corrected chi connectivity index (χ4v) is 3.05. The van der Waals surface area contributed by atoms with Crippen molar-refractivity contribution in [1.82, 2.24) is 10.2 Å². The van der Waals surface area contributed by atoms with Crippen LogP contribution in [0, 0.1) is 0 Å². The van der Waals surface area contributed by atoms with Crippen LogP contribution in [0.1, 0.15) is 46.0 Å². The van der Waals surface area contributed by atoms with E-state index in [0.29, 0.717) is 6.04 Å². The van der Waals surface area contributed by atoms with Crippen LogP contribution in [0.3, 0.4) is 0 Å². The molecular formula is C13H26N2O. The summed E-state index contributed by atoms with van der Waals surface area (Å²) < 4.78 is 0. The third-order valence-electron chi connectivity index (χ3n) is 4.00. The second kappa shape index (κ2) is 5.03. The van der Waals surface area contributed by atoms with Gasteiger partial charge in [0.25, 0.3) is 0 Å². The van der Waals surface area contributed by atoms with Crippen LogP contribution in [0.15, 0.2) is 0 Å². The van der Waals surface area contributed by atoms with Crippen molar-refractivity contribution < 1.29 is 5.11 Å². The van der Waals surface area contributed by atoms with Crippen molar-refractivity contribution in [3.63, 3.8) is 0 Å². The number of nitrogens with zero attached hydrogens (tertiary/aromatic N) is 1. The molecule has 0 spiro atoms. The van der Waals surface area contributed by atoms with Crippen LogP contribution in [0.25, 0.3) is 0 Å². The van der Waals surface area contributed by atoms with Crippen LogP contribution in [0.4, 0.5) is 0 Å². The Kier molecular flexibility index (Phi) is 3.88. The Bertz CT molecular complexity index is 224. The molecule has 0 bridgehead atoms. The molecule has 0 aromatic carbocycles. The lowest BCUT2D eigenvalue weighted by molar-refractivity contribution is 0.0694. The van der Waals surface area contributed by atoms with Crippen LogP contribution in [0.5, 0.6) is 0 Å². The van der Waals surface area contributed by atoms with Gasteiger partial charge in [-0.05, 0) is 52.6 Å². The molecule has 0 aromatic rings. The van der Waals surface area contributed by atoms with Gasteiger partial charge in [-0.3, -0.25) is 4.90 Å². The number of hydrogen-bond acceptors (Lipinski definition) is 3. The predicted octanol–water partition coefficient (Wildman–Crippen LogP) is 1.36. The first-order valence-corrected chi connectivity index (χ1v) is 6.76. The van der Waals surface area contributed by atoms with E-state index in [9.17, 15) is 5.11 Å². The van der Waals surface area contributed by atoms with Crippen LogP contribution < -0.4 is 5.32 Å². The molecule has 2 fully saturated rings. The van der Waals surface area contributed by atoms with Gasteiger partial charge in [0.2, 0.25) is 0 Å². The summed E-state index contributed by atoms with van der Waals surface area (Å²) in [7, 11) is 0. The molecule has 2 aliphatic heterocycles. The highest BCUT2D eigenvalue weighted by Gasteiger charge is 2.34. The Balaban J connectivity index is 1.74. The maximum atomic E-state index is 9.67. The molecule has 0 saturated carbocycles. The smallest absolute Gasteiger partial charge is 0.0603 e. The van der Waals surface area contributed by atoms with Crippen molar-refractivity contribution in [3.05, 3.63) is 0 Å². The third kappa shape index (κ3) is 3.19. The summed E-state index contributed by atoms with van der Waals surface area (Å²) in [5.41, 5.74) is -0.530. The van der Waals surface area contributed by atoms with E-state index < -0.39 is 5.60 Å². The first-order chi connectivity index (χ1) is 7.56. The summed E-state index contributed by atoms with van der Waals surface area (Å²) in [4.78, 5) is 2.64. The molecule has 0 aromatic heterocycles. The van der Waals surface area contributed by atoms with Crippen molar-refractivity contribution in [2.45, 2.75) is 63.6 Å². The summed E-state index contributed by atoms with van der Waals surface area (Å²) >= 11 is 0. The van der Waals surface area contributed by atoms with Gasteiger partial charge in [-0.15, -0.1) is 0 Å². The molecule has 0 amide bonds. The predicted molar refractivity (Wildman–Crippen MR) is 66.5 cm³/mol. The number of rotatable bonds is 4. The zero-order valence-corrected chi connectivity index (χ0v) is 10.7. The second-order valence-electron chi connectivity index (χ2n) is 6.01. The molecule has 2 aliphatic rings. The van der Waals surface area contributed by atoms with Crippen molar-refractivity contribution in [3.8, 4) is 0 Å². The lowest BCUT2D eigenvalue weighted by Gasteiger charge is -2.33. The average Bonchev–Trinajstić information content (AvgIpc) is 2.60. The average molecular weight is 226 g/mol. The highest BCUT2D eigenvalue weighted by Crippen LogP contribution is 2.27. The molecule has 3 heteroatoms. The number of piperidine rings is 1. The maximum Gasteiger partial charge on any atom is 0.0603 e. The molecule has 2 heterocycles. The fraction of sp³-hybridized carbons (Fsp3) is 1.00. The van der Waals surface area contributed by atoms with Crippen LogP contribution in [-0.2, 0) is 0 Å². The molecule has 94 valence electrons. The normalized spacial score (nSPS) is 31.7. The summed E-state index contributed by atoms with van der Waals surface area (Å²) in [6.07, 6.45) is 6.27. The van der Waals surface area contributed by atoms with Crippen molar-refractivity contribution in [2.75, 3.05) is 19.6 Å². The summed E-state index contributed by atoms with van der Waals surface area (Å²) in [6.45, 7) is 7.28. The molecule has 16 heavy (non-hydrogen) atoms. The minimum atomic E-state index is -0.530. The molecule has 2 N–H and O–H groups in total. The second-order valence-corrected chi connectivity index (χ2v) is 6.01. The zero-order chi connectivity index (χ0) is 11.6. The monoisotopic (exact) mass is 226 g/mol. The number of aliphatic hydroxyl groups is 1. The van der Waals surface area contributed by atoms with Crippen molar-refractivity contribution in [2.24, 2.45) is 0 Å². The summed E-state index contributed by atoms with van der Waals surface area (Å²) in [5.74, 6) is 0. The molecule has 2 rings (SSSR count). The number of fused-ring (bicyclic) bond motifs is 1. The highest BCUT2D eigenvalue weighted by atomic mass is 16.3. The van der Waals surface area contributed by atoms with Gasteiger partial charge >= 0.3 is 0 Å². The first kappa shape index (κ1) is 12.3. The third-order valence-corrected chi connectivity index (χ3v) is 4.00. The first-order valence-electron chi connectivity index (χ1n) is 6.76. The molecule has 0 aliphatic carbocycles. The highest BCUT2D eigenvalue weighted by molar-refractivity contribution is 4.94. The van der Waals surface area contributed by atoms with E-state index in [1.165, 1.54) is 38.8 Å². The lowest BCUT2D eigenvalue weighted by atomic mass is 9.98. The molecular weight excluding hydrogens is 200 g/mol. The van der Waals surface area contributed by atoms with Gasteiger partial charge in [-0.25, -0.2) is 0 Å². The van der Waals surface area contributed by atoms with E-state index >= 15 is 0 Å². The van der Waals surface area contributed by atoms with Gasteiger partial charge in [-0.1, -0.05) is 6.42 Å². The van der Waals surface area contributed by atoms with E-state index in [4.69, 9.17) is 0 Å². The van der Waals surface area contributed by atoms with Gasteiger partial charge in [0.15, 0.2) is 0 Å². The largest absolute Gasteiger partial charge is 0.390 e. The van der Waals surface area contributed by atoms with E-state index in [2.05, 4.69) is 10.2 Å². The van der Waals surface area contributed by atoms with Gasteiger partial charge in [0.05, 0.1) is 5.60 Å². The minimum absolute atomic E-state index is 0.530. The molecule has 0 radical (unpaired) electrons. The van der Waals surface area contributed by atoms with Crippen molar-refractivity contribution in [1.29, 1.82) is 0 Å². The fourth-order valence-electron chi connectivity index (χ4n) is 3.05. The van der Waals surface area contributed by atoms with E-state index in [1.54, 1.807) is 0 Å². The number of nitrogens with one attached hydrogen (secondary N) is 1. The Morgan fingerprint density at radius 2 is 2.06 bits per heavy atom. The molecule has 2 unspecified atom stereocenters. The molecule has 2 atom stereocenters. The maximum absolute atomic E-state index is 9.67. The van der Waals surface area contributed by atoms with Gasteiger partial charge in [-0.2, -0.15) is 0 Å². The van der Waals surface area contributed by atoms with Crippen LogP contribution in [0.2, 0.25) is 0 Å². The van der Waals surface area contributed by atoms with Crippen LogP contribution in [-0.4, -0.2) is 47.3 Å². The van der Waals surface area contributed by atoms with Gasteiger partial charge in [0, 0.05) is 18.6 Å². The quantitative estimate of drug-likeness (QED) is 0.760. The van der Waals surface area contributed by atoms with E-state index in [0.717, 1.165) is 19.0 Å². The zero-order valence-electron chi connectivity index (χ0n) is 10.7. The topological polar surface area (TPSA) is 35.5 Å². The van der Waals surface area contributed by atoms with Gasteiger partial charge < -0.3 is 10.4 Å². The standard InChI is InChI=1S/C13H26N2O/c1-13(2,16)7-8-14-11-6-10-15-9-4-3-5-12(11)15/h11-12,14,16H,3-10H2,1-2H3. The Labute approximate surface area is 99.2 Å². The summed E-state index contributed by atoms with van der Waals surface area (Å²) in [6, 6.07) is 1.44. The van der Waals surface area contributed by atoms with E-state index in [1.807, 2.05) is 13.8 Å². The molecule has 2 saturated heterocycles. The Hall–Kier alpha value is -0.120. The Morgan fingerprint density at radius 1 is 1.25 bits per heavy atom. The lowest BCUT2D eigenvalue weighted by Crippen LogP contribution is -2.45. The SMILES string of the molecule is CC(C)(O)CCNC1CCN2CCCCC12.